The third kappa shape index (κ3) is 3.80. The minimum absolute atomic E-state index is 0.0371. The molecule has 1 atom stereocenters. The first-order valence-corrected chi connectivity index (χ1v) is 6.16. The van der Waals surface area contributed by atoms with E-state index in [-0.39, 0.29) is 17.1 Å². The van der Waals surface area contributed by atoms with Crippen LogP contribution in [0.25, 0.3) is 0 Å². The maximum atomic E-state index is 11.7. The molecule has 0 aliphatic heterocycles. The topological polar surface area (TPSA) is 102 Å². The van der Waals surface area contributed by atoms with Gasteiger partial charge in [-0.2, -0.15) is 5.10 Å². The summed E-state index contributed by atoms with van der Waals surface area (Å²) < 4.78 is 0. The molecule has 2 aromatic carbocycles. The van der Waals surface area contributed by atoms with E-state index < -0.39 is 12.0 Å². The van der Waals surface area contributed by atoms with Crippen molar-refractivity contribution in [3.05, 3.63) is 59.7 Å². The summed E-state index contributed by atoms with van der Waals surface area (Å²) in [5, 5.41) is 32.2. The Morgan fingerprint density at radius 1 is 1.14 bits per heavy atom. The maximum absolute atomic E-state index is 11.7. The number of aliphatic hydroxyl groups excluding tert-OH is 1. The monoisotopic (exact) mass is 286 g/mol. The summed E-state index contributed by atoms with van der Waals surface area (Å²) in [7, 11) is 0. The summed E-state index contributed by atoms with van der Waals surface area (Å²) in [5.74, 6) is -0.823. The second-order valence-electron chi connectivity index (χ2n) is 4.29. The molecule has 0 fully saturated rings. The highest BCUT2D eigenvalue weighted by Crippen LogP contribution is 2.20. The number of carbonyl (C=O) groups excluding carboxylic acids is 1. The van der Waals surface area contributed by atoms with Gasteiger partial charge in [-0.1, -0.05) is 30.3 Å². The summed E-state index contributed by atoms with van der Waals surface area (Å²) in [6, 6.07) is 12.3. The van der Waals surface area contributed by atoms with E-state index in [0.717, 1.165) is 0 Å². The number of rotatable bonds is 4. The van der Waals surface area contributed by atoms with Crippen LogP contribution in [0, 0.1) is 0 Å². The van der Waals surface area contributed by atoms with Gasteiger partial charge in [0.15, 0.2) is 6.10 Å². The van der Waals surface area contributed by atoms with E-state index in [2.05, 4.69) is 10.5 Å². The number of aliphatic hydroxyl groups is 1. The van der Waals surface area contributed by atoms with E-state index in [9.17, 15) is 20.1 Å². The third-order valence-corrected chi connectivity index (χ3v) is 2.75. The van der Waals surface area contributed by atoms with Crippen LogP contribution in [0.15, 0.2) is 53.6 Å². The van der Waals surface area contributed by atoms with Crippen LogP contribution in [-0.4, -0.2) is 27.4 Å². The van der Waals surface area contributed by atoms with Gasteiger partial charge >= 0.3 is 0 Å². The van der Waals surface area contributed by atoms with E-state index in [1.165, 1.54) is 24.4 Å². The number of hydrogen-bond donors (Lipinski definition) is 4. The fourth-order valence-electron chi connectivity index (χ4n) is 1.66. The van der Waals surface area contributed by atoms with Crippen LogP contribution >= 0.6 is 0 Å². The highest BCUT2D eigenvalue weighted by molar-refractivity contribution is 5.87. The van der Waals surface area contributed by atoms with Crippen molar-refractivity contribution < 1.29 is 20.1 Å². The molecule has 0 saturated heterocycles. The highest BCUT2D eigenvalue weighted by Gasteiger charge is 2.15. The number of benzene rings is 2. The molecule has 0 radical (unpaired) electrons. The Balaban J connectivity index is 2.01. The summed E-state index contributed by atoms with van der Waals surface area (Å²) in [4.78, 5) is 11.7. The summed E-state index contributed by atoms with van der Waals surface area (Å²) in [5.41, 5.74) is 2.85. The minimum Gasteiger partial charge on any atom is -0.508 e. The highest BCUT2D eigenvalue weighted by atomic mass is 16.3. The van der Waals surface area contributed by atoms with Gasteiger partial charge in [-0.25, -0.2) is 5.43 Å². The molecule has 0 aliphatic rings. The zero-order chi connectivity index (χ0) is 15.2. The average Bonchev–Trinajstić information content (AvgIpc) is 2.50. The number of nitrogens with zero attached hydrogens (tertiary/aromatic N) is 1. The third-order valence-electron chi connectivity index (χ3n) is 2.75. The number of aromatic hydroxyl groups is 2. The summed E-state index contributed by atoms with van der Waals surface area (Å²) in [6.45, 7) is 0. The number of hydrogen-bond acceptors (Lipinski definition) is 5. The molecule has 0 bridgehead atoms. The van der Waals surface area contributed by atoms with Crippen molar-refractivity contribution in [1.29, 1.82) is 0 Å². The first-order chi connectivity index (χ1) is 10.1. The van der Waals surface area contributed by atoms with Gasteiger partial charge in [-0.05, 0) is 23.8 Å². The quantitative estimate of drug-likeness (QED) is 0.386. The van der Waals surface area contributed by atoms with Crippen LogP contribution in [0.3, 0.4) is 0 Å². The van der Waals surface area contributed by atoms with Crippen LogP contribution < -0.4 is 5.43 Å². The fraction of sp³-hybridized carbons (Fsp3) is 0.0667. The fourth-order valence-corrected chi connectivity index (χ4v) is 1.66. The van der Waals surface area contributed by atoms with Crippen molar-refractivity contribution in [2.45, 2.75) is 6.10 Å². The molecule has 6 nitrogen and oxygen atoms in total. The van der Waals surface area contributed by atoms with Gasteiger partial charge in [0.2, 0.25) is 0 Å². The van der Waals surface area contributed by atoms with Crippen LogP contribution in [0.2, 0.25) is 0 Å². The lowest BCUT2D eigenvalue weighted by Gasteiger charge is -2.08. The van der Waals surface area contributed by atoms with E-state index in [1.54, 1.807) is 30.3 Å². The van der Waals surface area contributed by atoms with Crippen LogP contribution in [0.1, 0.15) is 17.2 Å². The molecule has 0 saturated carbocycles. The molecule has 1 amide bonds. The molecular formula is C15H14N2O4. The minimum atomic E-state index is -1.33. The predicted molar refractivity (Wildman–Crippen MR) is 76.9 cm³/mol. The molecule has 21 heavy (non-hydrogen) atoms. The standard InChI is InChI=1S/C15H14N2O4/c18-12-6-7-13(19)11(8-12)9-16-17-15(21)14(20)10-4-2-1-3-5-10/h1-9,14,18-20H,(H,17,21). The Morgan fingerprint density at radius 2 is 1.86 bits per heavy atom. The van der Waals surface area contributed by atoms with Crippen molar-refractivity contribution in [3.63, 3.8) is 0 Å². The lowest BCUT2D eigenvalue weighted by Crippen LogP contribution is -2.25. The summed E-state index contributed by atoms with van der Waals surface area (Å²) in [6.07, 6.45) is -0.161. The molecule has 4 N–H and O–H groups in total. The number of phenols is 2. The molecule has 0 aromatic heterocycles. The predicted octanol–water partition coefficient (Wildman–Crippen LogP) is 1.28. The number of hydrazone groups is 1. The van der Waals surface area contributed by atoms with Crippen molar-refractivity contribution >= 4 is 12.1 Å². The van der Waals surface area contributed by atoms with Gasteiger partial charge in [0.1, 0.15) is 11.5 Å². The molecule has 1 unspecified atom stereocenters. The number of amides is 1. The molecule has 0 aliphatic carbocycles. The lowest BCUT2D eigenvalue weighted by molar-refractivity contribution is -0.129. The molecule has 108 valence electrons. The molecule has 0 heterocycles. The first-order valence-electron chi connectivity index (χ1n) is 6.16. The van der Waals surface area contributed by atoms with Crippen LogP contribution in [0.5, 0.6) is 11.5 Å². The van der Waals surface area contributed by atoms with E-state index in [4.69, 9.17) is 0 Å². The Kier molecular flexibility index (Phi) is 4.53. The van der Waals surface area contributed by atoms with Gasteiger partial charge in [0.05, 0.1) is 6.21 Å². The second-order valence-corrected chi connectivity index (χ2v) is 4.29. The van der Waals surface area contributed by atoms with Gasteiger partial charge in [0, 0.05) is 5.56 Å². The molecule has 6 heteroatoms. The number of nitrogens with one attached hydrogen (secondary N) is 1. The number of phenolic OH excluding ortho intramolecular Hbond substituents is 2. The van der Waals surface area contributed by atoms with E-state index >= 15 is 0 Å². The maximum Gasteiger partial charge on any atom is 0.273 e. The van der Waals surface area contributed by atoms with E-state index in [0.29, 0.717) is 5.56 Å². The average molecular weight is 286 g/mol. The molecule has 0 spiro atoms. The Bertz CT molecular complexity index is 656. The first kappa shape index (κ1) is 14.5. The molecular weight excluding hydrogens is 272 g/mol. The normalized spacial score (nSPS) is 12.2. The van der Waals surface area contributed by atoms with Crippen molar-refractivity contribution in [1.82, 2.24) is 5.43 Å². The van der Waals surface area contributed by atoms with Crippen LogP contribution in [-0.2, 0) is 4.79 Å². The second kappa shape index (κ2) is 6.53. The van der Waals surface area contributed by atoms with E-state index in [1.807, 2.05) is 0 Å². The van der Waals surface area contributed by atoms with Gasteiger partial charge in [0.25, 0.3) is 5.91 Å². The lowest BCUT2D eigenvalue weighted by atomic mass is 10.1. The van der Waals surface area contributed by atoms with Crippen molar-refractivity contribution in [2.75, 3.05) is 0 Å². The van der Waals surface area contributed by atoms with Crippen molar-refractivity contribution in [2.24, 2.45) is 5.10 Å². The molecule has 2 rings (SSSR count). The van der Waals surface area contributed by atoms with Gasteiger partial charge < -0.3 is 15.3 Å². The number of carbonyl (C=O) groups is 1. The van der Waals surface area contributed by atoms with Gasteiger partial charge in [-0.15, -0.1) is 0 Å². The Hall–Kier alpha value is -2.86. The Labute approximate surface area is 121 Å². The Morgan fingerprint density at radius 3 is 2.57 bits per heavy atom. The smallest absolute Gasteiger partial charge is 0.273 e. The van der Waals surface area contributed by atoms with Crippen LogP contribution in [0.4, 0.5) is 0 Å². The SMILES string of the molecule is O=C(NN=Cc1cc(O)ccc1O)C(O)c1ccccc1. The van der Waals surface area contributed by atoms with Gasteiger partial charge in [-0.3, -0.25) is 4.79 Å². The molecule has 2 aromatic rings. The zero-order valence-corrected chi connectivity index (χ0v) is 11.0. The zero-order valence-electron chi connectivity index (χ0n) is 11.0. The summed E-state index contributed by atoms with van der Waals surface area (Å²) >= 11 is 0. The largest absolute Gasteiger partial charge is 0.508 e. The van der Waals surface area contributed by atoms with Crippen molar-refractivity contribution in [3.8, 4) is 11.5 Å².